The van der Waals surface area contributed by atoms with Crippen molar-refractivity contribution < 1.29 is 4.79 Å². The summed E-state index contributed by atoms with van der Waals surface area (Å²) in [6.45, 7) is 2.07. The number of aromatic nitrogens is 3. The van der Waals surface area contributed by atoms with Crippen molar-refractivity contribution in [2.75, 3.05) is 20.1 Å². The molecule has 0 bridgehead atoms. The van der Waals surface area contributed by atoms with E-state index >= 15 is 0 Å². The van der Waals surface area contributed by atoms with Gasteiger partial charge in [0, 0.05) is 11.6 Å². The van der Waals surface area contributed by atoms with Crippen LogP contribution in [0.1, 0.15) is 23.2 Å². The highest BCUT2D eigenvalue weighted by Crippen LogP contribution is 2.13. The van der Waals surface area contributed by atoms with Crippen molar-refractivity contribution in [3.05, 3.63) is 23.8 Å². The molecule has 2 heterocycles. The van der Waals surface area contributed by atoms with Crippen molar-refractivity contribution in [1.29, 1.82) is 0 Å². The minimum atomic E-state index is -0.0283. The molecule has 1 aliphatic heterocycles. The van der Waals surface area contributed by atoms with Gasteiger partial charge in [0.25, 0.3) is 5.91 Å². The molecule has 1 amide bonds. The molecular formula is C13H17N5O. The van der Waals surface area contributed by atoms with E-state index in [9.17, 15) is 4.79 Å². The molecule has 0 saturated carbocycles. The number of carbonyl (C=O) groups is 1. The maximum Gasteiger partial charge on any atom is 0.251 e. The first-order chi connectivity index (χ1) is 9.22. The summed E-state index contributed by atoms with van der Waals surface area (Å²) in [4.78, 5) is 14.5. The molecule has 1 saturated heterocycles. The minimum absolute atomic E-state index is 0.0283. The van der Waals surface area contributed by atoms with Gasteiger partial charge < -0.3 is 10.2 Å². The van der Waals surface area contributed by atoms with Crippen LogP contribution in [-0.4, -0.2) is 52.4 Å². The Morgan fingerprint density at radius 2 is 2.05 bits per heavy atom. The van der Waals surface area contributed by atoms with Gasteiger partial charge in [-0.15, -0.1) is 0 Å². The Labute approximate surface area is 111 Å². The quantitative estimate of drug-likeness (QED) is 0.836. The van der Waals surface area contributed by atoms with Crippen molar-refractivity contribution in [3.63, 3.8) is 0 Å². The van der Waals surface area contributed by atoms with Gasteiger partial charge in [-0.2, -0.15) is 15.4 Å². The number of carbonyl (C=O) groups excluding carboxylic acids is 1. The first-order valence-electron chi connectivity index (χ1n) is 6.52. The van der Waals surface area contributed by atoms with Crippen LogP contribution < -0.4 is 5.32 Å². The number of nitrogens with one attached hydrogen (secondary N) is 2. The van der Waals surface area contributed by atoms with Gasteiger partial charge in [-0.1, -0.05) is 0 Å². The second kappa shape index (κ2) is 4.97. The van der Waals surface area contributed by atoms with E-state index in [-0.39, 0.29) is 11.9 Å². The molecule has 0 aliphatic carbocycles. The smallest absolute Gasteiger partial charge is 0.251 e. The molecular weight excluding hydrogens is 242 g/mol. The average Bonchev–Trinajstić information content (AvgIpc) is 2.88. The molecule has 1 aromatic carbocycles. The Bertz CT molecular complexity index is 585. The van der Waals surface area contributed by atoms with Gasteiger partial charge in [0.1, 0.15) is 11.0 Å². The number of hydrogen-bond acceptors (Lipinski definition) is 4. The number of amides is 1. The standard InChI is InChI=1S/C13H17N5O/c1-18-6-4-10(5-7-18)14-13(19)9-2-3-11-12(8-9)16-17-15-11/h2-3,8,10H,4-7H2,1H3,(H,14,19)(H,15,16,17). The molecule has 2 N–H and O–H groups in total. The maximum absolute atomic E-state index is 12.2. The van der Waals surface area contributed by atoms with Crippen molar-refractivity contribution in [3.8, 4) is 0 Å². The minimum Gasteiger partial charge on any atom is -0.349 e. The summed E-state index contributed by atoms with van der Waals surface area (Å²) in [7, 11) is 2.11. The normalized spacial score (nSPS) is 17.7. The Hall–Kier alpha value is -1.95. The van der Waals surface area contributed by atoms with Gasteiger partial charge in [-0.3, -0.25) is 4.79 Å². The molecule has 0 atom stereocenters. The number of likely N-dealkylation sites (tertiary alicyclic amines) is 1. The van der Waals surface area contributed by atoms with Gasteiger partial charge in [-0.05, 0) is 51.2 Å². The largest absolute Gasteiger partial charge is 0.349 e. The van der Waals surface area contributed by atoms with Crippen LogP contribution in [0.2, 0.25) is 0 Å². The molecule has 0 radical (unpaired) electrons. The average molecular weight is 259 g/mol. The molecule has 1 aromatic heterocycles. The lowest BCUT2D eigenvalue weighted by molar-refractivity contribution is 0.0917. The zero-order valence-electron chi connectivity index (χ0n) is 10.9. The van der Waals surface area contributed by atoms with Gasteiger partial charge in [-0.25, -0.2) is 0 Å². The van der Waals surface area contributed by atoms with Crippen LogP contribution in [0.5, 0.6) is 0 Å². The number of fused-ring (bicyclic) bond motifs is 1. The molecule has 1 aliphatic rings. The van der Waals surface area contributed by atoms with E-state index in [4.69, 9.17) is 0 Å². The van der Waals surface area contributed by atoms with Crippen molar-refractivity contribution in [2.24, 2.45) is 0 Å². The third-order valence-corrected chi connectivity index (χ3v) is 3.63. The molecule has 19 heavy (non-hydrogen) atoms. The first kappa shape index (κ1) is 12.1. The predicted octanol–water partition coefficient (Wildman–Crippen LogP) is 0.782. The molecule has 1 fully saturated rings. The maximum atomic E-state index is 12.2. The zero-order chi connectivity index (χ0) is 13.2. The number of hydrogen-bond donors (Lipinski definition) is 2. The topological polar surface area (TPSA) is 73.9 Å². The summed E-state index contributed by atoms with van der Waals surface area (Å²) in [6.07, 6.45) is 2.02. The summed E-state index contributed by atoms with van der Waals surface area (Å²) in [6, 6.07) is 5.64. The summed E-state index contributed by atoms with van der Waals surface area (Å²) < 4.78 is 0. The molecule has 0 spiro atoms. The second-order valence-electron chi connectivity index (χ2n) is 5.08. The lowest BCUT2D eigenvalue weighted by Crippen LogP contribution is -2.43. The Morgan fingerprint density at radius 3 is 2.84 bits per heavy atom. The summed E-state index contributed by atoms with van der Waals surface area (Å²) in [5, 5.41) is 13.6. The van der Waals surface area contributed by atoms with Crippen LogP contribution in [0.4, 0.5) is 0 Å². The van der Waals surface area contributed by atoms with Crippen LogP contribution >= 0.6 is 0 Å². The summed E-state index contributed by atoms with van der Waals surface area (Å²) in [5.74, 6) is -0.0283. The second-order valence-corrected chi connectivity index (χ2v) is 5.08. The SMILES string of the molecule is CN1CCC(NC(=O)c2ccc3n[nH]nc3c2)CC1. The lowest BCUT2D eigenvalue weighted by atomic mass is 10.0. The van der Waals surface area contributed by atoms with Gasteiger partial charge in [0.05, 0.1) is 0 Å². The Balaban J connectivity index is 1.69. The molecule has 0 unspecified atom stereocenters. The van der Waals surface area contributed by atoms with Gasteiger partial charge in [0.15, 0.2) is 0 Å². The fourth-order valence-electron chi connectivity index (χ4n) is 2.40. The van der Waals surface area contributed by atoms with Crippen LogP contribution in [0, 0.1) is 0 Å². The van der Waals surface area contributed by atoms with Crippen LogP contribution in [0.3, 0.4) is 0 Å². The summed E-state index contributed by atoms with van der Waals surface area (Å²) >= 11 is 0. The van der Waals surface area contributed by atoms with E-state index in [0.29, 0.717) is 5.56 Å². The van der Waals surface area contributed by atoms with Crippen molar-refractivity contribution >= 4 is 16.9 Å². The Kier molecular flexibility index (Phi) is 3.16. The number of rotatable bonds is 2. The Morgan fingerprint density at radius 1 is 1.32 bits per heavy atom. The van der Waals surface area contributed by atoms with Crippen LogP contribution in [-0.2, 0) is 0 Å². The highest BCUT2D eigenvalue weighted by molar-refractivity contribution is 5.97. The lowest BCUT2D eigenvalue weighted by Gasteiger charge is -2.29. The molecule has 3 rings (SSSR count). The number of piperidine rings is 1. The predicted molar refractivity (Wildman–Crippen MR) is 71.9 cm³/mol. The molecule has 6 heteroatoms. The van der Waals surface area contributed by atoms with Gasteiger partial charge >= 0.3 is 0 Å². The molecule has 6 nitrogen and oxygen atoms in total. The fraction of sp³-hybridized carbons (Fsp3) is 0.462. The zero-order valence-corrected chi connectivity index (χ0v) is 10.9. The van der Waals surface area contributed by atoms with E-state index in [2.05, 4.69) is 32.7 Å². The monoisotopic (exact) mass is 259 g/mol. The van der Waals surface area contributed by atoms with Crippen LogP contribution in [0.15, 0.2) is 18.2 Å². The highest BCUT2D eigenvalue weighted by atomic mass is 16.1. The van der Waals surface area contributed by atoms with E-state index in [1.807, 2.05) is 6.07 Å². The first-order valence-corrected chi connectivity index (χ1v) is 6.52. The van der Waals surface area contributed by atoms with E-state index in [1.54, 1.807) is 12.1 Å². The molecule has 100 valence electrons. The van der Waals surface area contributed by atoms with E-state index in [1.165, 1.54) is 0 Å². The van der Waals surface area contributed by atoms with Crippen molar-refractivity contribution in [2.45, 2.75) is 18.9 Å². The fourth-order valence-corrected chi connectivity index (χ4v) is 2.40. The van der Waals surface area contributed by atoms with Crippen molar-refractivity contribution in [1.82, 2.24) is 25.6 Å². The van der Waals surface area contributed by atoms with E-state index in [0.717, 1.165) is 37.0 Å². The third kappa shape index (κ3) is 2.58. The third-order valence-electron chi connectivity index (χ3n) is 3.63. The number of aromatic amines is 1. The highest BCUT2D eigenvalue weighted by Gasteiger charge is 2.19. The van der Waals surface area contributed by atoms with Gasteiger partial charge in [0.2, 0.25) is 0 Å². The van der Waals surface area contributed by atoms with Crippen LogP contribution in [0.25, 0.3) is 11.0 Å². The summed E-state index contributed by atoms with van der Waals surface area (Å²) in [5.41, 5.74) is 2.13. The number of nitrogens with zero attached hydrogens (tertiary/aromatic N) is 3. The number of benzene rings is 1. The van der Waals surface area contributed by atoms with E-state index < -0.39 is 0 Å². The number of H-pyrrole nitrogens is 1. The molecule has 2 aromatic rings.